The molecule has 3 aliphatic carbocycles. The van der Waals surface area contributed by atoms with Gasteiger partial charge in [-0.3, -0.25) is 15.0 Å². The molecule has 4 heterocycles. The quantitative estimate of drug-likeness (QED) is 0.121. The standard InChI is InChI=1S/C32H27F2NO.C18H25NSi.C15H17N.Ir/c33-28-11-9-22(17-29(28)34)23-8-10-25-26-2-1-3-27(32(26)36-31(25)18-23)30-16-20(12-13-35-30)15-24-14-19-4-6-21(24)7-5-19;1-14(2)11-16-12-17(15-9-7-6-8-10-15)19-13-18(16)20(3,4)5;1-12(2)10-13-8-9-16-15(11-13)14-6-4-3-5-7-14;/h1-3,8-13,16-19,21,24H,4-7,14-15H2;6-10,12-14H,11H2,1-5H3;3-9,11-12H,10H2,1-2H3;. The zero-order valence-corrected chi connectivity index (χ0v) is 46.9. The molecule has 0 amide bonds. The predicted molar refractivity (Wildman–Crippen MR) is 299 cm³/mol. The van der Waals surface area contributed by atoms with E-state index in [4.69, 9.17) is 14.4 Å². The molecule has 0 aliphatic heterocycles. The van der Waals surface area contributed by atoms with Crippen LogP contribution in [0.15, 0.2) is 169 Å². The molecule has 2 bridgehead atoms. The van der Waals surface area contributed by atoms with Crippen molar-refractivity contribution < 1.29 is 33.3 Å². The molecular weight excluding hydrogens is 1100 g/mol. The van der Waals surface area contributed by atoms with E-state index in [0.29, 0.717) is 23.0 Å². The first kappa shape index (κ1) is 53.4. The third-order valence-electron chi connectivity index (χ3n) is 14.6. The van der Waals surface area contributed by atoms with Crippen LogP contribution in [0.3, 0.4) is 0 Å². The van der Waals surface area contributed by atoms with Crippen LogP contribution in [0.5, 0.6) is 0 Å². The summed E-state index contributed by atoms with van der Waals surface area (Å²) < 4.78 is 33.6. The van der Waals surface area contributed by atoms with E-state index >= 15 is 0 Å². The number of pyridine rings is 3. The van der Waals surface area contributed by atoms with Crippen molar-refractivity contribution in [2.75, 3.05) is 0 Å². The van der Waals surface area contributed by atoms with E-state index in [2.05, 4.69) is 143 Å². The zero-order valence-electron chi connectivity index (χ0n) is 43.5. The monoisotopic (exact) mass is 1170 g/mol. The second-order valence-electron chi connectivity index (χ2n) is 22.1. The number of para-hydroxylation sites is 1. The summed E-state index contributed by atoms with van der Waals surface area (Å²) in [5.74, 6) is 2.27. The van der Waals surface area contributed by atoms with Gasteiger partial charge < -0.3 is 4.42 Å². The Morgan fingerprint density at radius 1 is 0.562 bits per heavy atom. The summed E-state index contributed by atoms with van der Waals surface area (Å²) in [6.45, 7) is 16.3. The number of hydrogen-bond acceptors (Lipinski definition) is 4. The summed E-state index contributed by atoms with van der Waals surface area (Å²) >= 11 is 0. The van der Waals surface area contributed by atoms with E-state index < -0.39 is 19.7 Å². The smallest absolute Gasteiger partial charge is 0.159 e. The van der Waals surface area contributed by atoms with Crippen LogP contribution in [-0.2, 0) is 39.4 Å². The van der Waals surface area contributed by atoms with Crippen LogP contribution in [0, 0.1) is 41.2 Å². The van der Waals surface area contributed by atoms with Crippen molar-refractivity contribution >= 4 is 35.2 Å². The summed E-state index contributed by atoms with van der Waals surface area (Å²) in [6, 6.07) is 47.7. The van der Waals surface area contributed by atoms with E-state index in [0.717, 1.165) is 87.6 Å². The van der Waals surface area contributed by atoms with Crippen molar-refractivity contribution in [1.29, 1.82) is 0 Å². The molecular formula is C65H69F2IrN3OSi. The van der Waals surface area contributed by atoms with Crippen molar-refractivity contribution in [2.45, 2.75) is 98.7 Å². The molecule has 3 aliphatic rings. The van der Waals surface area contributed by atoms with Gasteiger partial charge in [-0.25, -0.2) is 8.78 Å². The molecule has 4 nitrogen and oxygen atoms in total. The van der Waals surface area contributed by atoms with Crippen molar-refractivity contribution in [3.63, 3.8) is 0 Å². The van der Waals surface area contributed by atoms with Crippen LogP contribution in [0.4, 0.5) is 8.78 Å². The van der Waals surface area contributed by atoms with Crippen molar-refractivity contribution in [2.24, 2.45) is 29.6 Å². The van der Waals surface area contributed by atoms with E-state index in [1.165, 1.54) is 71.2 Å². The first-order valence-corrected chi connectivity index (χ1v) is 29.7. The fraction of sp³-hybridized carbons (Fsp3) is 0.308. The number of fused-ring (bicyclic) bond motifs is 6. The van der Waals surface area contributed by atoms with Gasteiger partial charge in [0.05, 0.1) is 25.2 Å². The molecule has 73 heavy (non-hydrogen) atoms. The molecule has 0 saturated heterocycles. The minimum absolute atomic E-state index is 0. The van der Waals surface area contributed by atoms with Gasteiger partial charge in [0.2, 0.25) is 0 Å². The Balaban J connectivity index is 0.000000163. The number of aromatic nitrogens is 3. The summed E-state index contributed by atoms with van der Waals surface area (Å²) in [7, 11) is -1.33. The van der Waals surface area contributed by atoms with Crippen molar-refractivity contribution in [1.82, 2.24) is 15.0 Å². The number of benzene rings is 5. The maximum absolute atomic E-state index is 13.8. The SMILES string of the molecule is CC(C)Cc1cc(-c2ccccc2)ncc1[Si](C)(C)C.CC(C)Cc1ccnc(-c2ccccc2)c1.Fc1ccc(-c2ccc3c(c2)oc2c(-c4cc(CC5CC6CCC5CC6)ccn4)cccc23)cc1F.[Ir]. The topological polar surface area (TPSA) is 51.8 Å². The average molecular weight is 1170 g/mol. The molecule has 8 heteroatoms. The largest absolute Gasteiger partial charge is 0.455 e. The molecule has 4 aromatic heterocycles. The summed E-state index contributed by atoms with van der Waals surface area (Å²) in [5, 5.41) is 3.52. The number of halogens is 2. The Hall–Kier alpha value is -5.92. The Bertz CT molecular complexity index is 3250. The number of nitrogens with zero attached hydrogens (tertiary/aromatic N) is 3. The zero-order chi connectivity index (χ0) is 50.4. The third-order valence-corrected chi connectivity index (χ3v) is 16.6. The number of hydrogen-bond donors (Lipinski definition) is 0. The van der Waals surface area contributed by atoms with Gasteiger partial charge >= 0.3 is 0 Å². The maximum atomic E-state index is 13.8. The van der Waals surface area contributed by atoms with Crippen LogP contribution >= 0.6 is 0 Å². The Labute approximate surface area is 446 Å². The normalized spacial score (nSPS) is 16.2. The minimum atomic E-state index is -1.33. The van der Waals surface area contributed by atoms with Gasteiger partial charge in [-0.2, -0.15) is 0 Å². The van der Waals surface area contributed by atoms with Crippen molar-refractivity contribution in [3.8, 4) is 44.9 Å². The van der Waals surface area contributed by atoms with Crippen LogP contribution in [-0.4, -0.2) is 23.0 Å². The molecule has 1 atom stereocenters. The van der Waals surface area contributed by atoms with Gasteiger partial charge in [0.25, 0.3) is 0 Å². The molecule has 5 aromatic carbocycles. The molecule has 0 N–H and O–H groups in total. The van der Waals surface area contributed by atoms with Crippen LogP contribution in [0.25, 0.3) is 66.8 Å². The van der Waals surface area contributed by atoms with E-state index in [-0.39, 0.29) is 20.1 Å². The second kappa shape index (κ2) is 24.0. The summed E-state index contributed by atoms with van der Waals surface area (Å²) in [5.41, 5.74) is 13.6. The average Bonchev–Trinajstić information content (AvgIpc) is 3.76. The van der Waals surface area contributed by atoms with Gasteiger partial charge in [-0.15, -0.1) is 0 Å². The number of furan rings is 1. The van der Waals surface area contributed by atoms with Gasteiger partial charge in [0, 0.05) is 66.2 Å². The Morgan fingerprint density at radius 3 is 1.81 bits per heavy atom. The Morgan fingerprint density at radius 2 is 1.18 bits per heavy atom. The first-order chi connectivity index (χ1) is 34.7. The van der Waals surface area contributed by atoms with E-state index in [1.54, 1.807) is 6.07 Å². The van der Waals surface area contributed by atoms with E-state index in [1.807, 2.05) is 54.9 Å². The molecule has 1 unspecified atom stereocenters. The van der Waals surface area contributed by atoms with Crippen LogP contribution < -0.4 is 5.19 Å². The van der Waals surface area contributed by atoms with Gasteiger partial charge in [-0.1, -0.05) is 145 Å². The van der Waals surface area contributed by atoms with Crippen LogP contribution in [0.2, 0.25) is 19.6 Å². The number of rotatable bonds is 11. The molecule has 0 spiro atoms. The molecule has 12 rings (SSSR count). The first-order valence-electron chi connectivity index (χ1n) is 26.2. The molecule has 3 fully saturated rings. The van der Waals surface area contributed by atoms with Crippen LogP contribution in [0.1, 0.15) is 76.5 Å². The maximum Gasteiger partial charge on any atom is 0.159 e. The second-order valence-corrected chi connectivity index (χ2v) is 27.1. The minimum Gasteiger partial charge on any atom is -0.455 e. The Kier molecular flexibility index (Phi) is 17.5. The van der Waals surface area contributed by atoms with E-state index in [9.17, 15) is 8.78 Å². The van der Waals surface area contributed by atoms with Crippen molar-refractivity contribution in [3.05, 3.63) is 193 Å². The van der Waals surface area contributed by atoms with Gasteiger partial charge in [0.1, 0.15) is 11.2 Å². The fourth-order valence-corrected chi connectivity index (χ4v) is 12.6. The fourth-order valence-electron chi connectivity index (χ4n) is 11.1. The molecule has 3 saturated carbocycles. The molecule has 377 valence electrons. The predicted octanol–water partition coefficient (Wildman–Crippen LogP) is 17.4. The third kappa shape index (κ3) is 13.3. The van der Waals surface area contributed by atoms with Gasteiger partial charge in [0.15, 0.2) is 11.6 Å². The molecule has 1 radical (unpaired) electrons. The van der Waals surface area contributed by atoms with Gasteiger partial charge in [-0.05, 0) is 162 Å². The molecule has 9 aromatic rings. The summed E-state index contributed by atoms with van der Waals surface area (Å²) in [4.78, 5) is 13.9. The summed E-state index contributed by atoms with van der Waals surface area (Å²) in [6.07, 6.45) is 16.4.